The molecule has 18 heavy (non-hydrogen) atoms. The number of amides is 1. The Kier molecular flexibility index (Phi) is 5.03. The van der Waals surface area contributed by atoms with E-state index in [2.05, 4.69) is 4.74 Å². The Labute approximate surface area is 110 Å². The fourth-order valence-corrected chi connectivity index (χ4v) is 2.05. The third-order valence-electron chi connectivity index (χ3n) is 2.24. The van der Waals surface area contributed by atoms with Crippen LogP contribution in [0.3, 0.4) is 0 Å². The van der Waals surface area contributed by atoms with Gasteiger partial charge >= 0.3 is 5.97 Å². The quantitative estimate of drug-likeness (QED) is 0.505. The molecule has 0 aliphatic rings. The van der Waals surface area contributed by atoms with E-state index in [-0.39, 0.29) is 17.6 Å². The van der Waals surface area contributed by atoms with Gasteiger partial charge in [0.2, 0.25) is 0 Å². The van der Waals surface area contributed by atoms with E-state index in [1.54, 1.807) is 32.3 Å². The molecule has 0 fully saturated rings. The third-order valence-corrected chi connectivity index (χ3v) is 3.30. The fourth-order valence-electron chi connectivity index (χ4n) is 1.27. The number of anilines is 1. The minimum absolute atomic E-state index is 0.105. The smallest absolute Gasteiger partial charge is 0.315 e. The highest BCUT2D eigenvalue weighted by Gasteiger charge is 2.11. The number of rotatable bonds is 4. The number of esters is 1. The van der Waals surface area contributed by atoms with Crippen molar-refractivity contribution < 1.29 is 14.3 Å². The molecule has 0 aromatic heterocycles. The standard InChI is InChI=1S/C12H16N2O3S/c1-14(2)12(16)8-4-5-10(9(13)6-8)18-7-11(15)17-3/h4-6H,7,13H2,1-3H3. The van der Waals surface area contributed by atoms with Crippen LogP contribution in [0.1, 0.15) is 10.4 Å². The van der Waals surface area contributed by atoms with Crippen LogP contribution < -0.4 is 5.73 Å². The van der Waals surface area contributed by atoms with Gasteiger partial charge in [-0.25, -0.2) is 0 Å². The average Bonchev–Trinajstić information content (AvgIpc) is 2.35. The van der Waals surface area contributed by atoms with Crippen molar-refractivity contribution in [2.45, 2.75) is 4.90 Å². The molecule has 0 atom stereocenters. The molecule has 0 radical (unpaired) electrons. The highest BCUT2D eigenvalue weighted by molar-refractivity contribution is 8.00. The van der Waals surface area contributed by atoms with Gasteiger partial charge in [0.15, 0.2) is 0 Å². The topological polar surface area (TPSA) is 72.6 Å². The van der Waals surface area contributed by atoms with Crippen LogP contribution in [0.25, 0.3) is 0 Å². The molecule has 1 rings (SSSR count). The van der Waals surface area contributed by atoms with Crippen molar-refractivity contribution in [2.24, 2.45) is 0 Å². The van der Waals surface area contributed by atoms with E-state index in [1.165, 1.54) is 23.8 Å². The number of carbonyl (C=O) groups excluding carboxylic acids is 2. The number of nitrogens with two attached hydrogens (primary N) is 1. The second kappa shape index (κ2) is 6.30. The molecule has 0 aliphatic carbocycles. The van der Waals surface area contributed by atoms with E-state index in [1.807, 2.05) is 0 Å². The summed E-state index contributed by atoms with van der Waals surface area (Å²) < 4.78 is 4.54. The lowest BCUT2D eigenvalue weighted by Crippen LogP contribution is -2.21. The number of hydrogen-bond donors (Lipinski definition) is 1. The van der Waals surface area contributed by atoms with Gasteiger partial charge in [0.05, 0.1) is 12.9 Å². The number of thioether (sulfide) groups is 1. The molecule has 1 aromatic carbocycles. The molecule has 2 N–H and O–H groups in total. The van der Waals surface area contributed by atoms with Gasteiger partial charge in [0, 0.05) is 30.2 Å². The maximum absolute atomic E-state index is 11.7. The van der Waals surface area contributed by atoms with E-state index < -0.39 is 0 Å². The Morgan fingerprint density at radius 1 is 1.39 bits per heavy atom. The molecule has 0 unspecified atom stereocenters. The predicted molar refractivity (Wildman–Crippen MR) is 71.6 cm³/mol. The molecule has 0 bridgehead atoms. The van der Waals surface area contributed by atoms with Gasteiger partial charge in [0.1, 0.15) is 0 Å². The van der Waals surface area contributed by atoms with E-state index in [9.17, 15) is 9.59 Å². The van der Waals surface area contributed by atoms with Gasteiger partial charge in [-0.2, -0.15) is 0 Å². The zero-order chi connectivity index (χ0) is 13.7. The first kappa shape index (κ1) is 14.4. The van der Waals surface area contributed by atoms with Crippen LogP contribution in [0.15, 0.2) is 23.1 Å². The number of nitrogens with zero attached hydrogens (tertiary/aromatic N) is 1. The molecular weight excluding hydrogens is 252 g/mol. The van der Waals surface area contributed by atoms with E-state index in [0.717, 1.165) is 4.90 Å². The number of methoxy groups -OCH3 is 1. The Balaban J connectivity index is 2.80. The summed E-state index contributed by atoms with van der Waals surface area (Å²) in [7, 11) is 4.70. The number of nitrogen functional groups attached to an aromatic ring is 1. The Hall–Kier alpha value is -1.69. The molecule has 0 saturated carbocycles. The first-order valence-electron chi connectivity index (χ1n) is 5.26. The van der Waals surface area contributed by atoms with Crippen molar-refractivity contribution in [3.05, 3.63) is 23.8 Å². The molecule has 0 aliphatic heterocycles. The minimum Gasteiger partial charge on any atom is -0.468 e. The molecular formula is C12H16N2O3S. The van der Waals surface area contributed by atoms with Crippen LogP contribution in [-0.4, -0.2) is 43.7 Å². The Morgan fingerprint density at radius 2 is 2.06 bits per heavy atom. The maximum atomic E-state index is 11.7. The largest absolute Gasteiger partial charge is 0.468 e. The average molecular weight is 268 g/mol. The second-order valence-corrected chi connectivity index (χ2v) is 4.83. The van der Waals surface area contributed by atoms with Crippen LogP contribution >= 0.6 is 11.8 Å². The van der Waals surface area contributed by atoms with E-state index in [0.29, 0.717) is 11.3 Å². The highest BCUT2D eigenvalue weighted by Crippen LogP contribution is 2.26. The van der Waals surface area contributed by atoms with Crippen molar-refractivity contribution in [1.29, 1.82) is 0 Å². The number of carbonyl (C=O) groups is 2. The summed E-state index contributed by atoms with van der Waals surface area (Å²) in [6.45, 7) is 0. The summed E-state index contributed by atoms with van der Waals surface area (Å²) in [5.74, 6) is -0.221. The highest BCUT2D eigenvalue weighted by atomic mass is 32.2. The second-order valence-electron chi connectivity index (χ2n) is 3.82. The van der Waals surface area contributed by atoms with E-state index in [4.69, 9.17) is 5.73 Å². The van der Waals surface area contributed by atoms with Gasteiger partial charge in [-0.1, -0.05) is 0 Å². The maximum Gasteiger partial charge on any atom is 0.315 e. The number of benzene rings is 1. The lowest BCUT2D eigenvalue weighted by Gasteiger charge is -2.12. The molecule has 98 valence electrons. The molecule has 0 heterocycles. The minimum atomic E-state index is -0.312. The van der Waals surface area contributed by atoms with Crippen LogP contribution in [-0.2, 0) is 9.53 Å². The normalized spacial score (nSPS) is 9.94. The van der Waals surface area contributed by atoms with Gasteiger partial charge in [-0.3, -0.25) is 9.59 Å². The molecule has 0 saturated heterocycles. The van der Waals surface area contributed by atoms with Crippen LogP contribution in [0.4, 0.5) is 5.69 Å². The Morgan fingerprint density at radius 3 is 2.56 bits per heavy atom. The van der Waals surface area contributed by atoms with Crippen LogP contribution in [0.5, 0.6) is 0 Å². The lowest BCUT2D eigenvalue weighted by molar-refractivity contribution is -0.137. The molecule has 1 amide bonds. The van der Waals surface area contributed by atoms with Crippen molar-refractivity contribution >= 4 is 29.3 Å². The first-order valence-corrected chi connectivity index (χ1v) is 6.25. The van der Waals surface area contributed by atoms with Crippen LogP contribution in [0.2, 0.25) is 0 Å². The van der Waals surface area contributed by atoms with E-state index >= 15 is 0 Å². The van der Waals surface area contributed by atoms with Crippen molar-refractivity contribution in [1.82, 2.24) is 4.90 Å². The summed E-state index contributed by atoms with van der Waals surface area (Å²) >= 11 is 1.28. The summed E-state index contributed by atoms with van der Waals surface area (Å²) in [5, 5.41) is 0. The number of hydrogen-bond acceptors (Lipinski definition) is 5. The summed E-state index contributed by atoms with van der Waals surface area (Å²) in [5.41, 5.74) is 6.85. The molecule has 0 spiro atoms. The molecule has 5 nitrogen and oxygen atoms in total. The Bertz CT molecular complexity index is 461. The molecule has 1 aromatic rings. The van der Waals surface area contributed by atoms with Gasteiger partial charge in [-0.05, 0) is 18.2 Å². The van der Waals surface area contributed by atoms with Gasteiger partial charge in [-0.15, -0.1) is 11.8 Å². The monoisotopic (exact) mass is 268 g/mol. The molecule has 6 heteroatoms. The lowest BCUT2D eigenvalue weighted by atomic mass is 10.2. The van der Waals surface area contributed by atoms with Crippen molar-refractivity contribution in [2.75, 3.05) is 32.7 Å². The number of ether oxygens (including phenoxy) is 1. The fraction of sp³-hybridized carbons (Fsp3) is 0.333. The summed E-state index contributed by atoms with van der Waals surface area (Å²) in [6, 6.07) is 5.04. The predicted octanol–water partition coefficient (Wildman–Crippen LogP) is 1.24. The zero-order valence-corrected chi connectivity index (χ0v) is 11.4. The van der Waals surface area contributed by atoms with Gasteiger partial charge < -0.3 is 15.4 Å². The van der Waals surface area contributed by atoms with Crippen LogP contribution in [0, 0.1) is 0 Å². The van der Waals surface area contributed by atoms with Crippen molar-refractivity contribution in [3.63, 3.8) is 0 Å². The zero-order valence-electron chi connectivity index (χ0n) is 10.6. The summed E-state index contributed by atoms with van der Waals surface area (Å²) in [6.07, 6.45) is 0. The first-order chi connectivity index (χ1) is 8.45. The van der Waals surface area contributed by atoms with Gasteiger partial charge in [0.25, 0.3) is 5.91 Å². The summed E-state index contributed by atoms with van der Waals surface area (Å²) in [4.78, 5) is 25.0. The van der Waals surface area contributed by atoms with Crippen molar-refractivity contribution in [3.8, 4) is 0 Å². The third kappa shape index (κ3) is 3.66. The SMILES string of the molecule is COC(=O)CSc1ccc(C(=O)N(C)C)cc1N.